The Hall–Kier alpha value is -2.13. The van der Waals surface area contributed by atoms with E-state index >= 15 is 0 Å². The number of methoxy groups -OCH3 is 1. The van der Waals surface area contributed by atoms with Crippen molar-refractivity contribution in [3.8, 4) is 0 Å². The number of hydrogen-bond acceptors (Lipinski definition) is 4. The third kappa shape index (κ3) is 6.20. The van der Waals surface area contributed by atoms with E-state index in [9.17, 15) is 18.0 Å². The number of carbonyl (C=O) groups excluding carboxylic acids is 1. The maximum Gasteiger partial charge on any atom is 0.490 e. The van der Waals surface area contributed by atoms with Gasteiger partial charge in [-0.3, -0.25) is 4.79 Å². The summed E-state index contributed by atoms with van der Waals surface area (Å²) in [6.07, 6.45) is -2.98. The van der Waals surface area contributed by atoms with Crippen LogP contribution < -0.4 is 0 Å². The second-order valence-corrected chi connectivity index (χ2v) is 8.17. The number of likely N-dealkylation sites (tertiary alicyclic amines) is 2. The van der Waals surface area contributed by atoms with Gasteiger partial charge in [-0.2, -0.15) is 13.2 Å². The Morgan fingerprint density at radius 3 is 2.29 bits per heavy atom. The molecule has 1 spiro atoms. The van der Waals surface area contributed by atoms with Gasteiger partial charge < -0.3 is 19.6 Å². The zero-order valence-corrected chi connectivity index (χ0v) is 18.2. The van der Waals surface area contributed by atoms with Gasteiger partial charge in [0.2, 0.25) is 0 Å². The summed E-state index contributed by atoms with van der Waals surface area (Å²) < 4.78 is 37.2. The largest absolute Gasteiger partial charge is 0.490 e. The fraction of sp³-hybridized carbons (Fsp3) is 0.636. The van der Waals surface area contributed by atoms with Gasteiger partial charge in [-0.15, -0.1) is 0 Å². The quantitative estimate of drug-likeness (QED) is 0.755. The monoisotopic (exact) mass is 444 g/mol. The van der Waals surface area contributed by atoms with E-state index in [4.69, 9.17) is 14.6 Å². The molecule has 9 heteroatoms. The first-order valence-corrected chi connectivity index (χ1v) is 10.5. The molecule has 0 bridgehead atoms. The number of alkyl halides is 3. The minimum Gasteiger partial charge on any atom is -0.475 e. The van der Waals surface area contributed by atoms with Crippen LogP contribution in [0.2, 0.25) is 0 Å². The summed E-state index contributed by atoms with van der Waals surface area (Å²) in [6.45, 7) is 10.1. The van der Waals surface area contributed by atoms with E-state index in [2.05, 4.69) is 35.8 Å². The summed E-state index contributed by atoms with van der Waals surface area (Å²) in [6, 6.07) is 8.10. The number of carboxylic acids is 1. The van der Waals surface area contributed by atoms with Crippen LogP contribution in [-0.2, 0) is 16.0 Å². The molecule has 1 aromatic rings. The Labute approximate surface area is 181 Å². The lowest BCUT2D eigenvalue weighted by Gasteiger charge is -2.30. The van der Waals surface area contributed by atoms with Crippen molar-refractivity contribution in [1.82, 2.24) is 9.80 Å². The molecule has 2 aliphatic rings. The number of nitrogens with zero attached hydrogens (tertiary/aromatic N) is 2. The predicted molar refractivity (Wildman–Crippen MR) is 110 cm³/mol. The Morgan fingerprint density at radius 2 is 1.81 bits per heavy atom. The van der Waals surface area contributed by atoms with Crippen LogP contribution >= 0.6 is 0 Å². The molecule has 1 N–H and O–H groups in total. The molecule has 2 fully saturated rings. The molecule has 2 heterocycles. The van der Waals surface area contributed by atoms with Gasteiger partial charge in [0.25, 0.3) is 5.91 Å². The van der Waals surface area contributed by atoms with Gasteiger partial charge in [-0.05, 0) is 37.1 Å². The van der Waals surface area contributed by atoms with E-state index < -0.39 is 12.1 Å². The lowest BCUT2D eigenvalue weighted by Crippen LogP contribution is -2.38. The maximum absolute atomic E-state index is 12.9. The Kier molecular flexibility index (Phi) is 8.48. The highest BCUT2D eigenvalue weighted by Gasteiger charge is 2.50. The SMILES string of the molecule is CCc1ccc(C(=O)N2CC[C@@]3(CN(CC)C[C@H]3COC)C2)cc1.O=C(O)C(F)(F)F. The summed E-state index contributed by atoms with van der Waals surface area (Å²) in [4.78, 5) is 26.3. The zero-order chi connectivity index (χ0) is 23.2. The number of rotatable bonds is 5. The van der Waals surface area contributed by atoms with Crippen LogP contribution in [-0.4, -0.2) is 79.4 Å². The molecule has 1 aromatic carbocycles. The van der Waals surface area contributed by atoms with Crippen molar-refractivity contribution in [2.24, 2.45) is 11.3 Å². The van der Waals surface area contributed by atoms with Crippen molar-refractivity contribution in [3.05, 3.63) is 35.4 Å². The first-order valence-electron chi connectivity index (χ1n) is 10.5. The highest BCUT2D eigenvalue weighted by Crippen LogP contribution is 2.44. The fourth-order valence-corrected chi connectivity index (χ4v) is 4.41. The van der Waals surface area contributed by atoms with Gasteiger partial charge in [0.05, 0.1) is 6.61 Å². The standard InChI is InChI=1S/C20H30N2O2.C2HF3O2/c1-4-16-6-8-17(9-7-16)19(23)22-11-10-20(15-22)14-21(5-2)12-18(20)13-24-3;3-2(4,5)1(6)7/h6-9,18H,4-5,10-15H2,1-3H3;(H,6,7)/t18-,20+;/m0./s1. The van der Waals surface area contributed by atoms with Crippen molar-refractivity contribution in [3.63, 3.8) is 0 Å². The minimum absolute atomic E-state index is 0.181. The molecular formula is C22H31F3N2O4. The molecule has 6 nitrogen and oxygen atoms in total. The van der Waals surface area contributed by atoms with E-state index in [1.807, 2.05) is 12.1 Å². The van der Waals surface area contributed by atoms with E-state index in [-0.39, 0.29) is 11.3 Å². The summed E-state index contributed by atoms with van der Waals surface area (Å²) in [5.41, 5.74) is 2.31. The number of carboxylic acid groups (broad SMARTS) is 1. The number of amides is 1. The molecular weight excluding hydrogens is 413 g/mol. The molecule has 174 valence electrons. The maximum atomic E-state index is 12.9. The third-order valence-electron chi connectivity index (χ3n) is 6.22. The van der Waals surface area contributed by atoms with E-state index in [0.717, 1.165) is 57.7 Å². The first kappa shape index (κ1) is 25.1. The number of halogens is 3. The highest BCUT2D eigenvalue weighted by atomic mass is 19.4. The van der Waals surface area contributed by atoms with Crippen LogP contribution in [0.4, 0.5) is 13.2 Å². The van der Waals surface area contributed by atoms with Gasteiger partial charge in [0.1, 0.15) is 0 Å². The van der Waals surface area contributed by atoms with Crippen LogP contribution in [0.3, 0.4) is 0 Å². The van der Waals surface area contributed by atoms with Crippen molar-refractivity contribution in [1.29, 1.82) is 0 Å². The predicted octanol–water partition coefficient (Wildman–Crippen LogP) is 3.31. The van der Waals surface area contributed by atoms with E-state index in [1.54, 1.807) is 7.11 Å². The van der Waals surface area contributed by atoms with Crippen LogP contribution in [0.15, 0.2) is 24.3 Å². The molecule has 31 heavy (non-hydrogen) atoms. The van der Waals surface area contributed by atoms with Gasteiger partial charge in [-0.25, -0.2) is 4.79 Å². The minimum atomic E-state index is -5.08. The van der Waals surface area contributed by atoms with E-state index in [1.165, 1.54) is 5.56 Å². The van der Waals surface area contributed by atoms with Crippen molar-refractivity contribution >= 4 is 11.9 Å². The molecule has 0 radical (unpaired) electrons. The second kappa shape index (κ2) is 10.5. The highest BCUT2D eigenvalue weighted by molar-refractivity contribution is 5.94. The molecule has 0 aliphatic carbocycles. The molecule has 1 amide bonds. The van der Waals surface area contributed by atoms with Crippen molar-refractivity contribution in [2.45, 2.75) is 32.9 Å². The van der Waals surface area contributed by atoms with Gasteiger partial charge in [0.15, 0.2) is 0 Å². The molecule has 2 aliphatic heterocycles. The number of ether oxygens (including phenoxy) is 1. The molecule has 0 unspecified atom stereocenters. The topological polar surface area (TPSA) is 70.1 Å². The molecule has 2 atom stereocenters. The number of hydrogen-bond donors (Lipinski definition) is 1. The van der Waals surface area contributed by atoms with Crippen LogP contribution in [0.1, 0.15) is 36.2 Å². The summed E-state index contributed by atoms with van der Waals surface area (Å²) >= 11 is 0. The third-order valence-corrected chi connectivity index (χ3v) is 6.22. The number of carbonyl (C=O) groups is 2. The Balaban J connectivity index is 0.000000423. The van der Waals surface area contributed by atoms with Gasteiger partial charge in [0, 0.05) is 50.2 Å². The average Bonchev–Trinajstić information content (AvgIpc) is 3.32. The smallest absolute Gasteiger partial charge is 0.475 e. The van der Waals surface area contributed by atoms with E-state index in [0.29, 0.717) is 5.92 Å². The Bertz CT molecular complexity index is 754. The summed E-state index contributed by atoms with van der Waals surface area (Å²) in [7, 11) is 1.79. The summed E-state index contributed by atoms with van der Waals surface area (Å²) in [5, 5.41) is 7.12. The van der Waals surface area contributed by atoms with Crippen molar-refractivity contribution < 1.29 is 32.6 Å². The normalized spacial score (nSPS) is 23.7. The average molecular weight is 444 g/mol. The zero-order valence-electron chi connectivity index (χ0n) is 18.2. The van der Waals surface area contributed by atoms with Gasteiger partial charge in [-0.1, -0.05) is 26.0 Å². The number of benzene rings is 1. The van der Waals surface area contributed by atoms with Crippen LogP contribution in [0.5, 0.6) is 0 Å². The van der Waals surface area contributed by atoms with Gasteiger partial charge >= 0.3 is 12.1 Å². The molecule has 0 aromatic heterocycles. The lowest BCUT2D eigenvalue weighted by molar-refractivity contribution is -0.192. The Morgan fingerprint density at radius 1 is 1.19 bits per heavy atom. The molecule has 2 saturated heterocycles. The van der Waals surface area contributed by atoms with Crippen molar-refractivity contribution in [2.75, 3.05) is 46.4 Å². The summed E-state index contributed by atoms with van der Waals surface area (Å²) in [5.74, 6) is -2.05. The van der Waals surface area contributed by atoms with Crippen LogP contribution in [0.25, 0.3) is 0 Å². The molecule has 0 saturated carbocycles. The second-order valence-electron chi connectivity index (χ2n) is 8.17. The fourth-order valence-electron chi connectivity index (χ4n) is 4.41. The lowest BCUT2D eigenvalue weighted by atomic mass is 9.77. The first-order chi connectivity index (χ1) is 14.6. The number of aryl methyl sites for hydroxylation is 1. The van der Waals surface area contributed by atoms with Crippen LogP contribution in [0, 0.1) is 11.3 Å². The number of aliphatic carboxylic acids is 1. The molecule has 3 rings (SSSR count).